The first-order valence-corrected chi connectivity index (χ1v) is 5.79. The van der Waals surface area contributed by atoms with Crippen molar-refractivity contribution in [1.29, 1.82) is 0 Å². The molecule has 0 aliphatic rings. The molecule has 86 valence electrons. The summed E-state index contributed by atoms with van der Waals surface area (Å²) in [5, 5.41) is 4.87. The summed E-state index contributed by atoms with van der Waals surface area (Å²) in [7, 11) is 0. The van der Waals surface area contributed by atoms with E-state index in [1.54, 1.807) is 0 Å². The highest BCUT2D eigenvalue weighted by atomic mass is 35.5. The van der Waals surface area contributed by atoms with Gasteiger partial charge in [0, 0.05) is 17.7 Å². The van der Waals surface area contributed by atoms with Crippen LogP contribution in [0.25, 0.3) is 0 Å². The van der Waals surface area contributed by atoms with E-state index in [2.05, 4.69) is 22.7 Å². The molecule has 0 aliphatic heterocycles. The molecular weight excluding hydrogens is 232 g/mol. The van der Waals surface area contributed by atoms with Crippen LogP contribution < -0.4 is 5.43 Å². The van der Waals surface area contributed by atoms with Crippen molar-refractivity contribution >= 4 is 23.5 Å². The molecule has 0 spiro atoms. The highest BCUT2D eigenvalue weighted by Gasteiger charge is 1.89. The molecule has 3 heteroatoms. The van der Waals surface area contributed by atoms with E-state index in [0.29, 0.717) is 0 Å². The summed E-state index contributed by atoms with van der Waals surface area (Å²) < 4.78 is 0. The Balaban J connectivity index is 1.84. The molecule has 1 N–H and O–H groups in total. The van der Waals surface area contributed by atoms with Crippen LogP contribution >= 0.6 is 11.6 Å². The second kappa shape index (κ2) is 6.06. The van der Waals surface area contributed by atoms with E-state index in [1.165, 1.54) is 5.56 Å². The first-order chi connectivity index (χ1) is 8.34. The van der Waals surface area contributed by atoms with Crippen molar-refractivity contribution in [3.63, 3.8) is 0 Å². The van der Waals surface area contributed by atoms with Crippen LogP contribution in [0.15, 0.2) is 59.7 Å². The van der Waals surface area contributed by atoms with Gasteiger partial charge in [-0.25, -0.2) is 0 Å². The molecule has 0 heterocycles. The third-order valence-electron chi connectivity index (χ3n) is 2.30. The Bertz CT molecular complexity index is 477. The number of hydrogen-bond acceptors (Lipinski definition) is 2. The van der Waals surface area contributed by atoms with Gasteiger partial charge in [0.2, 0.25) is 0 Å². The molecule has 0 amide bonds. The van der Waals surface area contributed by atoms with Crippen LogP contribution in [-0.4, -0.2) is 6.21 Å². The number of anilines is 1. The maximum Gasteiger partial charge on any atom is 0.0562 e. The number of hydrogen-bond donors (Lipinski definition) is 1. The zero-order valence-corrected chi connectivity index (χ0v) is 10.1. The van der Waals surface area contributed by atoms with Gasteiger partial charge in [0.05, 0.1) is 5.69 Å². The third-order valence-corrected chi connectivity index (χ3v) is 2.55. The van der Waals surface area contributed by atoms with Gasteiger partial charge >= 0.3 is 0 Å². The van der Waals surface area contributed by atoms with Crippen molar-refractivity contribution in [3.8, 4) is 0 Å². The molecule has 0 aliphatic carbocycles. The van der Waals surface area contributed by atoms with Crippen molar-refractivity contribution in [3.05, 3.63) is 65.2 Å². The van der Waals surface area contributed by atoms with Crippen LogP contribution in [-0.2, 0) is 6.42 Å². The second-order valence-corrected chi connectivity index (χ2v) is 4.06. The minimum absolute atomic E-state index is 0.726. The topological polar surface area (TPSA) is 24.4 Å². The Labute approximate surface area is 106 Å². The summed E-state index contributed by atoms with van der Waals surface area (Å²) in [5.74, 6) is 0. The van der Waals surface area contributed by atoms with Crippen LogP contribution in [0, 0.1) is 0 Å². The van der Waals surface area contributed by atoms with Crippen molar-refractivity contribution in [2.75, 3.05) is 5.43 Å². The molecular formula is C14H13ClN2. The molecule has 0 fully saturated rings. The van der Waals surface area contributed by atoms with E-state index in [9.17, 15) is 0 Å². The lowest BCUT2D eigenvalue weighted by Crippen LogP contribution is -1.91. The first kappa shape index (κ1) is 11.7. The third kappa shape index (κ3) is 3.93. The minimum Gasteiger partial charge on any atom is -0.279 e. The lowest BCUT2D eigenvalue weighted by Gasteiger charge is -1.99. The van der Waals surface area contributed by atoms with Gasteiger partial charge in [-0.3, -0.25) is 5.43 Å². The Kier molecular flexibility index (Phi) is 4.17. The minimum atomic E-state index is 0.726. The van der Waals surface area contributed by atoms with Crippen LogP contribution in [0.1, 0.15) is 5.56 Å². The predicted molar refractivity (Wildman–Crippen MR) is 73.7 cm³/mol. The van der Waals surface area contributed by atoms with E-state index >= 15 is 0 Å². The molecule has 2 nitrogen and oxygen atoms in total. The number of benzene rings is 2. The molecule has 2 aromatic carbocycles. The summed E-state index contributed by atoms with van der Waals surface area (Å²) in [5.41, 5.74) is 5.13. The van der Waals surface area contributed by atoms with E-state index in [1.807, 2.05) is 48.7 Å². The number of halogens is 1. The van der Waals surface area contributed by atoms with E-state index in [4.69, 9.17) is 11.6 Å². The lowest BCUT2D eigenvalue weighted by molar-refractivity contribution is 1.29. The van der Waals surface area contributed by atoms with Crippen molar-refractivity contribution in [1.82, 2.24) is 0 Å². The smallest absolute Gasteiger partial charge is 0.0562 e. The standard InChI is InChI=1S/C14H13ClN2/c15-13-6-8-14(9-7-13)17-16-11-10-12-4-2-1-3-5-12/h1-9,11,17H,10H2. The van der Waals surface area contributed by atoms with Gasteiger partial charge in [0.1, 0.15) is 0 Å². The zero-order chi connectivity index (χ0) is 11.9. The SMILES string of the molecule is Clc1ccc(NN=CCc2ccccc2)cc1. The maximum absolute atomic E-state index is 5.79. The Morgan fingerprint density at radius 1 is 1.00 bits per heavy atom. The van der Waals surface area contributed by atoms with Crippen LogP contribution in [0.5, 0.6) is 0 Å². The molecule has 2 aromatic rings. The highest BCUT2D eigenvalue weighted by molar-refractivity contribution is 6.30. The fraction of sp³-hybridized carbons (Fsp3) is 0.0714. The van der Waals surface area contributed by atoms with Crippen molar-refractivity contribution in [2.45, 2.75) is 6.42 Å². The average Bonchev–Trinajstić information content (AvgIpc) is 2.38. The normalized spacial score (nSPS) is 10.6. The molecule has 0 aromatic heterocycles. The summed E-state index contributed by atoms with van der Waals surface area (Å²) in [6, 6.07) is 17.7. The van der Waals surface area contributed by atoms with Gasteiger partial charge in [0.25, 0.3) is 0 Å². The van der Waals surface area contributed by atoms with Gasteiger partial charge in [-0.05, 0) is 29.8 Å². The van der Waals surface area contributed by atoms with Gasteiger partial charge in [-0.2, -0.15) is 5.10 Å². The van der Waals surface area contributed by atoms with Crippen LogP contribution in [0.4, 0.5) is 5.69 Å². The monoisotopic (exact) mass is 244 g/mol. The van der Waals surface area contributed by atoms with Gasteiger partial charge < -0.3 is 0 Å². The Hall–Kier alpha value is -1.80. The molecule has 0 saturated heterocycles. The second-order valence-electron chi connectivity index (χ2n) is 3.62. The van der Waals surface area contributed by atoms with Gasteiger partial charge in [-0.15, -0.1) is 0 Å². The van der Waals surface area contributed by atoms with E-state index in [-0.39, 0.29) is 0 Å². The Morgan fingerprint density at radius 2 is 1.71 bits per heavy atom. The number of hydrazone groups is 1. The van der Waals surface area contributed by atoms with Crippen LogP contribution in [0.3, 0.4) is 0 Å². The number of nitrogens with zero attached hydrogens (tertiary/aromatic N) is 1. The summed E-state index contributed by atoms with van der Waals surface area (Å²) in [6.45, 7) is 0. The molecule has 2 rings (SSSR count). The maximum atomic E-state index is 5.79. The van der Waals surface area contributed by atoms with Crippen molar-refractivity contribution in [2.24, 2.45) is 5.10 Å². The largest absolute Gasteiger partial charge is 0.279 e. The predicted octanol–water partition coefficient (Wildman–Crippen LogP) is 3.98. The van der Waals surface area contributed by atoms with Crippen LogP contribution in [0.2, 0.25) is 5.02 Å². The molecule has 0 radical (unpaired) electrons. The number of nitrogens with one attached hydrogen (secondary N) is 1. The summed E-state index contributed by atoms with van der Waals surface area (Å²) >= 11 is 5.79. The zero-order valence-electron chi connectivity index (χ0n) is 9.31. The van der Waals surface area contributed by atoms with Gasteiger partial charge in [0.15, 0.2) is 0 Å². The first-order valence-electron chi connectivity index (χ1n) is 5.41. The fourth-order valence-electron chi connectivity index (χ4n) is 1.41. The van der Waals surface area contributed by atoms with Crippen molar-refractivity contribution < 1.29 is 0 Å². The Morgan fingerprint density at radius 3 is 2.41 bits per heavy atom. The van der Waals surface area contributed by atoms with E-state index in [0.717, 1.165) is 17.1 Å². The molecule has 0 unspecified atom stereocenters. The molecule has 0 bridgehead atoms. The molecule has 17 heavy (non-hydrogen) atoms. The molecule has 0 saturated carbocycles. The summed E-state index contributed by atoms with van der Waals surface area (Å²) in [4.78, 5) is 0. The quantitative estimate of drug-likeness (QED) is 0.639. The molecule has 0 atom stereocenters. The fourth-order valence-corrected chi connectivity index (χ4v) is 1.54. The van der Waals surface area contributed by atoms with E-state index < -0.39 is 0 Å². The average molecular weight is 245 g/mol. The van der Waals surface area contributed by atoms with Gasteiger partial charge in [-0.1, -0.05) is 41.9 Å². The number of rotatable bonds is 4. The highest BCUT2D eigenvalue weighted by Crippen LogP contribution is 2.12. The summed E-state index contributed by atoms with van der Waals surface area (Å²) in [6.07, 6.45) is 2.67. The lowest BCUT2D eigenvalue weighted by atomic mass is 10.2.